The molecule has 2 aromatic rings. The second-order valence-electron chi connectivity index (χ2n) is 4.79. The molecule has 0 radical (unpaired) electrons. The van der Waals surface area contributed by atoms with Crippen LogP contribution in [0.4, 0.5) is 0 Å². The molecule has 1 aromatic heterocycles. The molecule has 2 atom stereocenters. The van der Waals surface area contributed by atoms with Gasteiger partial charge < -0.3 is 14.5 Å². The van der Waals surface area contributed by atoms with Crippen molar-refractivity contribution in [1.82, 2.24) is 9.97 Å². The molecule has 0 spiro atoms. The monoisotopic (exact) mass is 258 g/mol. The summed E-state index contributed by atoms with van der Waals surface area (Å²) in [5, 5.41) is 0. The van der Waals surface area contributed by atoms with Crippen molar-refractivity contribution in [2.75, 3.05) is 0 Å². The molecule has 0 bridgehead atoms. The Labute approximate surface area is 112 Å². The average molecular weight is 258 g/mol. The van der Waals surface area contributed by atoms with E-state index < -0.39 is 0 Å². The third-order valence-corrected chi connectivity index (χ3v) is 3.30. The van der Waals surface area contributed by atoms with Crippen molar-refractivity contribution in [3.63, 3.8) is 0 Å². The predicted octanol–water partition coefficient (Wildman–Crippen LogP) is 2.93. The van der Waals surface area contributed by atoms with E-state index in [9.17, 15) is 0 Å². The fourth-order valence-corrected chi connectivity index (χ4v) is 2.38. The molecule has 1 aromatic carbocycles. The minimum atomic E-state index is -0.142. The minimum absolute atomic E-state index is 0.142. The van der Waals surface area contributed by atoms with Crippen LogP contribution in [0.25, 0.3) is 0 Å². The van der Waals surface area contributed by atoms with Gasteiger partial charge in [-0.2, -0.15) is 0 Å². The van der Waals surface area contributed by atoms with E-state index in [4.69, 9.17) is 9.47 Å². The van der Waals surface area contributed by atoms with Crippen molar-refractivity contribution in [3.8, 4) is 5.75 Å². The van der Waals surface area contributed by atoms with E-state index >= 15 is 0 Å². The normalized spacial score (nSPS) is 23.2. The summed E-state index contributed by atoms with van der Waals surface area (Å²) in [4.78, 5) is 7.36. The van der Waals surface area contributed by atoms with Gasteiger partial charge in [0.05, 0.1) is 6.10 Å². The van der Waals surface area contributed by atoms with Gasteiger partial charge in [-0.1, -0.05) is 18.2 Å². The molecule has 1 N–H and O–H groups in total. The molecular weight excluding hydrogens is 240 g/mol. The Morgan fingerprint density at radius 1 is 1.26 bits per heavy atom. The first-order chi connectivity index (χ1) is 9.40. The molecule has 1 fully saturated rings. The van der Waals surface area contributed by atoms with E-state index in [1.54, 1.807) is 6.20 Å². The van der Waals surface area contributed by atoms with Crippen molar-refractivity contribution in [3.05, 3.63) is 48.5 Å². The maximum Gasteiger partial charge on any atom is 0.200 e. The zero-order chi connectivity index (χ0) is 12.9. The summed E-state index contributed by atoms with van der Waals surface area (Å²) in [6, 6.07) is 9.84. The number of para-hydroxylation sites is 1. The Morgan fingerprint density at radius 3 is 2.95 bits per heavy atom. The number of aromatic nitrogens is 2. The molecule has 0 saturated carbocycles. The standard InChI is InChI=1S/C15H18N2O2/c1-2-5-12(6-3-1)18-15-8-4-7-13(19-15)11-14-16-9-10-17-14/h1-3,5-6,9-10,13,15H,4,7-8,11H2,(H,16,17). The van der Waals surface area contributed by atoms with E-state index in [1.807, 2.05) is 36.5 Å². The van der Waals surface area contributed by atoms with Gasteiger partial charge in [-0.3, -0.25) is 0 Å². The summed E-state index contributed by atoms with van der Waals surface area (Å²) in [6.07, 6.45) is 7.63. The Hall–Kier alpha value is -1.81. The number of benzene rings is 1. The summed E-state index contributed by atoms with van der Waals surface area (Å²) in [5.74, 6) is 1.84. The fourth-order valence-electron chi connectivity index (χ4n) is 2.38. The highest BCUT2D eigenvalue weighted by molar-refractivity contribution is 5.21. The zero-order valence-electron chi connectivity index (χ0n) is 10.8. The molecule has 2 unspecified atom stereocenters. The lowest BCUT2D eigenvalue weighted by molar-refractivity contribution is -0.146. The topological polar surface area (TPSA) is 47.1 Å². The molecule has 0 amide bonds. The summed E-state index contributed by atoms with van der Waals surface area (Å²) < 4.78 is 11.8. The quantitative estimate of drug-likeness (QED) is 0.917. The van der Waals surface area contributed by atoms with E-state index in [0.717, 1.165) is 37.3 Å². The average Bonchev–Trinajstić information content (AvgIpc) is 2.93. The molecule has 4 heteroatoms. The van der Waals surface area contributed by atoms with E-state index in [0.29, 0.717) is 0 Å². The number of ether oxygens (including phenoxy) is 2. The van der Waals surface area contributed by atoms with Gasteiger partial charge in [-0.05, 0) is 25.0 Å². The van der Waals surface area contributed by atoms with Gasteiger partial charge in [-0.25, -0.2) is 4.98 Å². The smallest absolute Gasteiger partial charge is 0.200 e. The Morgan fingerprint density at radius 2 is 2.16 bits per heavy atom. The molecule has 4 nitrogen and oxygen atoms in total. The van der Waals surface area contributed by atoms with Crippen LogP contribution in [0.1, 0.15) is 25.1 Å². The molecule has 100 valence electrons. The van der Waals surface area contributed by atoms with Crippen molar-refractivity contribution in [2.24, 2.45) is 0 Å². The summed E-state index contributed by atoms with van der Waals surface area (Å²) in [6.45, 7) is 0. The summed E-state index contributed by atoms with van der Waals surface area (Å²) >= 11 is 0. The number of nitrogens with zero attached hydrogens (tertiary/aromatic N) is 1. The molecule has 1 saturated heterocycles. The largest absolute Gasteiger partial charge is 0.465 e. The number of rotatable bonds is 4. The second kappa shape index (κ2) is 5.89. The highest BCUT2D eigenvalue weighted by atomic mass is 16.7. The van der Waals surface area contributed by atoms with Crippen LogP contribution in [0.5, 0.6) is 5.75 Å². The first-order valence-corrected chi connectivity index (χ1v) is 6.75. The third kappa shape index (κ3) is 3.35. The maximum atomic E-state index is 5.98. The lowest BCUT2D eigenvalue weighted by Gasteiger charge is -2.29. The fraction of sp³-hybridized carbons (Fsp3) is 0.400. The van der Waals surface area contributed by atoms with Crippen LogP contribution in [0.2, 0.25) is 0 Å². The van der Waals surface area contributed by atoms with Crippen LogP contribution >= 0.6 is 0 Å². The van der Waals surface area contributed by atoms with Gasteiger partial charge in [0.25, 0.3) is 0 Å². The van der Waals surface area contributed by atoms with Crippen molar-refractivity contribution in [2.45, 2.75) is 38.1 Å². The summed E-state index contributed by atoms with van der Waals surface area (Å²) in [5.41, 5.74) is 0. The summed E-state index contributed by atoms with van der Waals surface area (Å²) in [7, 11) is 0. The van der Waals surface area contributed by atoms with Crippen LogP contribution in [0.3, 0.4) is 0 Å². The number of aromatic amines is 1. The van der Waals surface area contributed by atoms with Crippen molar-refractivity contribution < 1.29 is 9.47 Å². The molecule has 19 heavy (non-hydrogen) atoms. The lowest BCUT2D eigenvalue weighted by Crippen LogP contribution is -2.33. The van der Waals surface area contributed by atoms with Crippen molar-refractivity contribution >= 4 is 0 Å². The highest BCUT2D eigenvalue weighted by Crippen LogP contribution is 2.23. The second-order valence-corrected chi connectivity index (χ2v) is 4.79. The molecule has 1 aliphatic rings. The number of hydrogen-bond donors (Lipinski definition) is 1. The van der Waals surface area contributed by atoms with E-state index in [2.05, 4.69) is 9.97 Å². The third-order valence-electron chi connectivity index (χ3n) is 3.30. The van der Waals surface area contributed by atoms with Crippen LogP contribution < -0.4 is 4.74 Å². The zero-order valence-corrected chi connectivity index (χ0v) is 10.8. The number of hydrogen-bond acceptors (Lipinski definition) is 3. The number of nitrogens with one attached hydrogen (secondary N) is 1. The van der Waals surface area contributed by atoms with Gasteiger partial charge in [0.15, 0.2) is 6.29 Å². The van der Waals surface area contributed by atoms with Gasteiger partial charge in [0.1, 0.15) is 11.6 Å². The Bertz CT molecular complexity index is 484. The van der Waals surface area contributed by atoms with E-state index in [-0.39, 0.29) is 12.4 Å². The van der Waals surface area contributed by atoms with Gasteiger partial charge in [-0.15, -0.1) is 0 Å². The molecule has 1 aliphatic heterocycles. The highest BCUT2D eigenvalue weighted by Gasteiger charge is 2.24. The molecule has 2 heterocycles. The van der Waals surface area contributed by atoms with Crippen LogP contribution in [0, 0.1) is 0 Å². The Kier molecular flexibility index (Phi) is 3.79. The number of H-pyrrole nitrogens is 1. The lowest BCUT2D eigenvalue weighted by atomic mass is 10.1. The minimum Gasteiger partial charge on any atom is -0.465 e. The molecule has 3 rings (SSSR count). The SMILES string of the molecule is c1ccc(OC2CCCC(Cc3ncc[nH]3)O2)cc1. The van der Waals surface area contributed by atoms with Crippen LogP contribution in [-0.4, -0.2) is 22.4 Å². The van der Waals surface area contributed by atoms with Gasteiger partial charge >= 0.3 is 0 Å². The van der Waals surface area contributed by atoms with Gasteiger partial charge in [0, 0.05) is 25.2 Å². The Balaban J connectivity index is 1.56. The maximum absolute atomic E-state index is 5.98. The van der Waals surface area contributed by atoms with E-state index in [1.165, 1.54) is 0 Å². The molecule has 0 aliphatic carbocycles. The molecular formula is C15H18N2O2. The van der Waals surface area contributed by atoms with Crippen molar-refractivity contribution in [1.29, 1.82) is 0 Å². The van der Waals surface area contributed by atoms with Crippen LogP contribution in [0.15, 0.2) is 42.7 Å². The first-order valence-electron chi connectivity index (χ1n) is 6.75. The van der Waals surface area contributed by atoms with Crippen LogP contribution in [-0.2, 0) is 11.2 Å². The first kappa shape index (κ1) is 12.2. The predicted molar refractivity (Wildman–Crippen MR) is 71.9 cm³/mol. The number of imidazole rings is 1. The van der Waals surface area contributed by atoms with Gasteiger partial charge in [0.2, 0.25) is 0 Å².